The van der Waals surface area contributed by atoms with E-state index >= 15 is 0 Å². The largest absolute Gasteiger partial charge is 0.483 e. The van der Waals surface area contributed by atoms with Crippen molar-refractivity contribution in [2.45, 2.75) is 19.4 Å². The van der Waals surface area contributed by atoms with E-state index in [1.54, 1.807) is 32.0 Å². The topological polar surface area (TPSA) is 123 Å². The molecular formula is C28H33ClFN7O4. The molecule has 2 aliphatic rings. The lowest BCUT2D eigenvalue weighted by atomic mass is 10.0. The maximum absolute atomic E-state index is 13.3. The van der Waals surface area contributed by atoms with Gasteiger partial charge in [0.2, 0.25) is 5.95 Å². The van der Waals surface area contributed by atoms with Crippen LogP contribution < -0.4 is 25.2 Å². The molecule has 0 unspecified atom stereocenters. The first-order valence-electron chi connectivity index (χ1n) is 13.0. The number of carbonyl (C=O) groups is 2. The van der Waals surface area contributed by atoms with E-state index in [4.69, 9.17) is 26.2 Å². The first-order valence-corrected chi connectivity index (χ1v) is 13.4. The zero-order chi connectivity index (χ0) is 29.6. The molecule has 3 N–H and O–H groups in total. The molecule has 41 heavy (non-hydrogen) atoms. The van der Waals surface area contributed by atoms with Gasteiger partial charge < -0.3 is 35.2 Å². The Labute approximate surface area is 242 Å². The maximum Gasteiger partial charge on any atom is 0.290 e. The summed E-state index contributed by atoms with van der Waals surface area (Å²) >= 11 is 6.39. The van der Waals surface area contributed by atoms with Crippen LogP contribution in [-0.2, 0) is 9.59 Å². The van der Waals surface area contributed by atoms with E-state index in [-0.39, 0.29) is 18.9 Å². The van der Waals surface area contributed by atoms with Gasteiger partial charge in [-0.2, -0.15) is 4.98 Å². The van der Waals surface area contributed by atoms with Crippen molar-refractivity contribution in [2.24, 2.45) is 0 Å². The highest BCUT2D eigenvalue weighted by atomic mass is 35.5. The monoisotopic (exact) mass is 585 g/mol. The predicted octanol–water partition coefficient (Wildman–Crippen LogP) is 4.54. The Morgan fingerprint density at radius 1 is 1.10 bits per heavy atom. The molecule has 1 amide bonds. The number of rotatable bonds is 7. The second-order valence-electron chi connectivity index (χ2n) is 10.0. The number of anilines is 6. The third-order valence-electron chi connectivity index (χ3n) is 6.68. The number of piperazine rings is 1. The van der Waals surface area contributed by atoms with Gasteiger partial charge in [0.25, 0.3) is 12.4 Å². The molecule has 1 saturated heterocycles. The molecule has 3 aromatic rings. The van der Waals surface area contributed by atoms with Gasteiger partial charge in [-0.1, -0.05) is 11.6 Å². The molecule has 218 valence electrons. The first kappa shape index (κ1) is 29.8. The maximum atomic E-state index is 13.3. The fourth-order valence-electron chi connectivity index (χ4n) is 4.55. The summed E-state index contributed by atoms with van der Waals surface area (Å²) in [5.41, 5.74) is 2.07. The Morgan fingerprint density at radius 2 is 1.76 bits per heavy atom. The molecule has 3 heterocycles. The van der Waals surface area contributed by atoms with Crippen molar-refractivity contribution >= 4 is 58.5 Å². The van der Waals surface area contributed by atoms with Crippen LogP contribution in [0.1, 0.15) is 13.8 Å². The van der Waals surface area contributed by atoms with Gasteiger partial charge in [0.15, 0.2) is 11.4 Å². The molecule has 0 radical (unpaired) electrons. The van der Waals surface area contributed by atoms with Crippen LogP contribution in [0.3, 0.4) is 0 Å². The summed E-state index contributed by atoms with van der Waals surface area (Å²) < 4.78 is 19.1. The lowest BCUT2D eigenvalue weighted by Crippen LogP contribution is -2.53. The Morgan fingerprint density at radius 3 is 2.41 bits per heavy atom. The highest BCUT2D eigenvalue weighted by Crippen LogP contribution is 2.40. The lowest BCUT2D eigenvalue weighted by molar-refractivity contribution is -0.132. The second kappa shape index (κ2) is 13.0. The van der Waals surface area contributed by atoms with Gasteiger partial charge in [0.05, 0.1) is 18.4 Å². The number of hydrogen-bond acceptors (Lipinski definition) is 9. The van der Waals surface area contributed by atoms with E-state index in [0.29, 0.717) is 33.9 Å². The number of likely N-dealkylation sites (N-methyl/N-ethyl adjacent to an activating group) is 1. The molecule has 1 fully saturated rings. The fourth-order valence-corrected chi connectivity index (χ4v) is 4.69. The van der Waals surface area contributed by atoms with Crippen LogP contribution in [0.25, 0.3) is 0 Å². The van der Waals surface area contributed by atoms with Crippen LogP contribution in [-0.4, -0.2) is 84.4 Å². The number of hydrogen-bond donors (Lipinski definition) is 3. The van der Waals surface area contributed by atoms with Crippen molar-refractivity contribution in [2.75, 3.05) is 66.9 Å². The number of amides is 1. The zero-order valence-electron chi connectivity index (χ0n) is 23.1. The number of carbonyl (C=O) groups excluding carboxylic acids is 1. The van der Waals surface area contributed by atoms with E-state index in [1.165, 1.54) is 16.8 Å². The van der Waals surface area contributed by atoms with Crippen molar-refractivity contribution < 1.29 is 23.8 Å². The quantitative estimate of drug-likeness (QED) is 0.340. The van der Waals surface area contributed by atoms with Gasteiger partial charge in [0, 0.05) is 43.2 Å². The van der Waals surface area contributed by atoms with Gasteiger partial charge in [-0.05, 0) is 63.4 Å². The van der Waals surface area contributed by atoms with Gasteiger partial charge in [-0.25, -0.2) is 9.37 Å². The molecule has 0 bridgehead atoms. The van der Waals surface area contributed by atoms with Crippen LogP contribution in [0, 0.1) is 0 Å². The molecule has 0 spiro atoms. The average Bonchev–Trinajstić information content (AvgIpc) is 2.95. The summed E-state index contributed by atoms with van der Waals surface area (Å²) in [6.45, 7) is 6.48. The molecule has 2 aromatic carbocycles. The molecule has 0 atom stereocenters. The van der Waals surface area contributed by atoms with Crippen LogP contribution in [0.2, 0.25) is 5.02 Å². The van der Waals surface area contributed by atoms with Crippen molar-refractivity contribution in [1.82, 2.24) is 14.9 Å². The fraction of sp³-hybridized carbons (Fsp3) is 0.357. The number of halogens is 2. The number of benzene rings is 2. The molecule has 13 heteroatoms. The third kappa shape index (κ3) is 7.14. The van der Waals surface area contributed by atoms with Crippen molar-refractivity contribution in [1.29, 1.82) is 0 Å². The standard InChI is InChI=1S/C27H31ClFN7O2.CH2O2/c1-27(2)25(37)36(11-10-29)22-16-19(6-9-23(22)38-27)31-24-21(28)17-30-26(33-24)32-18-4-7-20(8-5-18)35-14-12-34(3)13-15-35;2-1-3/h4-9,16-17H,10-15H2,1-3H3,(H2,30,31,32,33);1H,(H,2,3). The van der Waals surface area contributed by atoms with Gasteiger partial charge in [0.1, 0.15) is 17.4 Å². The Balaban J connectivity index is 0.00000124. The number of alkyl halides is 1. The van der Waals surface area contributed by atoms with Crippen LogP contribution in [0.4, 0.5) is 38.9 Å². The van der Waals surface area contributed by atoms with Crippen molar-refractivity contribution in [3.8, 4) is 5.75 Å². The molecule has 11 nitrogen and oxygen atoms in total. The van der Waals surface area contributed by atoms with Crippen molar-refractivity contribution in [3.63, 3.8) is 0 Å². The smallest absolute Gasteiger partial charge is 0.290 e. The number of nitrogens with one attached hydrogen (secondary N) is 2. The summed E-state index contributed by atoms with van der Waals surface area (Å²) in [5, 5.41) is 13.6. The van der Waals surface area contributed by atoms with Crippen LogP contribution in [0.5, 0.6) is 5.75 Å². The van der Waals surface area contributed by atoms with Gasteiger partial charge in [-0.15, -0.1) is 0 Å². The zero-order valence-corrected chi connectivity index (χ0v) is 23.9. The molecular weight excluding hydrogens is 553 g/mol. The number of carboxylic acid groups (broad SMARTS) is 1. The minimum Gasteiger partial charge on any atom is -0.483 e. The SMILES string of the molecule is CN1CCN(c2ccc(Nc3ncc(Cl)c(Nc4ccc5c(c4)N(CCF)C(=O)C(C)(C)O5)n3)cc2)CC1.O=CO. The normalized spacial score (nSPS) is 16.2. The Kier molecular flexibility index (Phi) is 9.46. The Hall–Kier alpha value is -4.16. The van der Waals surface area contributed by atoms with E-state index in [1.807, 2.05) is 12.1 Å². The summed E-state index contributed by atoms with van der Waals surface area (Å²) in [6, 6.07) is 13.4. The highest BCUT2D eigenvalue weighted by Gasteiger charge is 2.40. The molecule has 5 rings (SSSR count). The molecule has 0 aliphatic carbocycles. The van der Waals surface area contributed by atoms with Gasteiger partial charge >= 0.3 is 0 Å². The summed E-state index contributed by atoms with van der Waals surface area (Å²) in [5.74, 6) is 0.967. The molecule has 0 saturated carbocycles. The first-order chi connectivity index (χ1) is 19.6. The number of ether oxygens (including phenoxy) is 1. The molecule has 1 aromatic heterocycles. The van der Waals surface area contributed by atoms with Gasteiger partial charge in [-0.3, -0.25) is 9.59 Å². The molecule has 2 aliphatic heterocycles. The minimum absolute atomic E-state index is 0.0575. The second-order valence-corrected chi connectivity index (χ2v) is 10.4. The van der Waals surface area contributed by atoms with E-state index < -0.39 is 12.3 Å². The summed E-state index contributed by atoms with van der Waals surface area (Å²) in [4.78, 5) is 36.1. The lowest BCUT2D eigenvalue weighted by Gasteiger charge is -2.38. The van der Waals surface area contributed by atoms with Crippen LogP contribution >= 0.6 is 11.6 Å². The number of nitrogens with zero attached hydrogens (tertiary/aromatic N) is 5. The minimum atomic E-state index is -1.07. The predicted molar refractivity (Wildman–Crippen MR) is 158 cm³/mol. The number of aromatic nitrogens is 2. The highest BCUT2D eigenvalue weighted by molar-refractivity contribution is 6.32. The number of fused-ring (bicyclic) bond motifs is 1. The Bertz CT molecular complexity index is 1370. The van der Waals surface area contributed by atoms with Crippen molar-refractivity contribution in [3.05, 3.63) is 53.7 Å². The summed E-state index contributed by atoms with van der Waals surface area (Å²) in [6.07, 6.45) is 1.51. The van der Waals surface area contributed by atoms with E-state index in [0.717, 1.165) is 31.9 Å². The third-order valence-corrected chi connectivity index (χ3v) is 6.96. The van der Waals surface area contributed by atoms with Crippen LogP contribution in [0.15, 0.2) is 48.7 Å². The van der Waals surface area contributed by atoms with E-state index in [2.05, 4.69) is 49.6 Å². The van der Waals surface area contributed by atoms with E-state index in [9.17, 15) is 9.18 Å². The average molecular weight is 586 g/mol. The summed E-state index contributed by atoms with van der Waals surface area (Å²) in [7, 11) is 2.14.